The first-order valence-corrected chi connectivity index (χ1v) is 5.18. The zero-order valence-corrected chi connectivity index (χ0v) is 9.04. The van der Waals surface area contributed by atoms with Gasteiger partial charge in [0.05, 0.1) is 12.7 Å². The van der Waals surface area contributed by atoms with Gasteiger partial charge in [0, 0.05) is 5.92 Å². The molecule has 1 aliphatic rings. The molecule has 0 spiro atoms. The topological polar surface area (TPSA) is 29.5 Å². The highest BCUT2D eigenvalue weighted by Gasteiger charge is 2.32. The van der Waals surface area contributed by atoms with Gasteiger partial charge in [-0.3, -0.25) is 0 Å². The molecular weight excluding hydrogens is 188 g/mol. The van der Waals surface area contributed by atoms with Gasteiger partial charge in [0.2, 0.25) is 0 Å². The lowest BCUT2D eigenvalue weighted by atomic mass is 10.0. The van der Waals surface area contributed by atoms with Gasteiger partial charge in [0.1, 0.15) is 6.10 Å². The second kappa shape index (κ2) is 6.38. The van der Waals surface area contributed by atoms with E-state index in [0.717, 1.165) is 0 Å². The van der Waals surface area contributed by atoms with Gasteiger partial charge in [-0.25, -0.2) is 0 Å². The fraction of sp³-hybridized carbons (Fsp3) is 0.385. The van der Waals surface area contributed by atoms with Gasteiger partial charge in [-0.15, -0.1) is 0 Å². The Morgan fingerprint density at radius 3 is 2.73 bits per heavy atom. The Labute approximate surface area is 91.3 Å². The zero-order chi connectivity index (χ0) is 11.1. The summed E-state index contributed by atoms with van der Waals surface area (Å²) >= 11 is 0. The molecule has 0 bridgehead atoms. The van der Waals surface area contributed by atoms with E-state index >= 15 is 0 Å². The van der Waals surface area contributed by atoms with E-state index in [1.165, 1.54) is 0 Å². The van der Waals surface area contributed by atoms with Gasteiger partial charge in [0.15, 0.2) is 0 Å². The van der Waals surface area contributed by atoms with Crippen LogP contribution in [-0.4, -0.2) is 23.9 Å². The minimum atomic E-state index is -0.456. The molecule has 1 rings (SSSR count). The molecule has 1 saturated heterocycles. The molecule has 0 radical (unpaired) electrons. The molecule has 2 heteroatoms. The average molecular weight is 206 g/mol. The van der Waals surface area contributed by atoms with E-state index in [-0.39, 0.29) is 12.0 Å². The summed E-state index contributed by atoms with van der Waals surface area (Å²) in [5.41, 5.74) is 0. The molecule has 0 saturated carbocycles. The van der Waals surface area contributed by atoms with Crippen LogP contribution in [0.5, 0.6) is 0 Å². The van der Waals surface area contributed by atoms with Gasteiger partial charge in [-0.1, -0.05) is 49.1 Å². The largest absolute Gasteiger partial charge is 0.389 e. The monoisotopic (exact) mass is 206 g/mol. The van der Waals surface area contributed by atoms with E-state index < -0.39 is 6.10 Å². The molecule has 1 N–H and O–H groups in total. The highest BCUT2D eigenvalue weighted by molar-refractivity contribution is 5.11. The van der Waals surface area contributed by atoms with Crippen LogP contribution in [-0.2, 0) is 4.74 Å². The van der Waals surface area contributed by atoms with E-state index in [1.54, 1.807) is 12.2 Å². The second-order valence-electron chi connectivity index (χ2n) is 3.48. The molecule has 0 aliphatic carbocycles. The number of ether oxygens (including phenoxy) is 1. The SMILES string of the molecule is C=C/C=C\[C@@H]1OC[C@H](/C=C/C=C/C)[C@H]1O. The van der Waals surface area contributed by atoms with Crippen molar-refractivity contribution in [3.05, 3.63) is 49.1 Å². The maximum absolute atomic E-state index is 9.89. The predicted molar refractivity (Wildman–Crippen MR) is 62.5 cm³/mol. The summed E-state index contributed by atoms with van der Waals surface area (Å²) in [6, 6.07) is 0. The fourth-order valence-corrected chi connectivity index (χ4v) is 1.51. The molecule has 0 amide bonds. The lowest BCUT2D eigenvalue weighted by Crippen LogP contribution is -2.23. The fourth-order valence-electron chi connectivity index (χ4n) is 1.51. The van der Waals surface area contributed by atoms with Crippen LogP contribution in [0, 0.1) is 5.92 Å². The number of aliphatic hydroxyl groups is 1. The predicted octanol–water partition coefficient (Wildman–Crippen LogP) is 2.24. The van der Waals surface area contributed by atoms with Gasteiger partial charge in [-0.05, 0) is 6.92 Å². The summed E-state index contributed by atoms with van der Waals surface area (Å²) in [6.07, 6.45) is 12.5. The third kappa shape index (κ3) is 3.50. The lowest BCUT2D eigenvalue weighted by molar-refractivity contribution is 0.0724. The van der Waals surface area contributed by atoms with Crippen molar-refractivity contribution in [3.63, 3.8) is 0 Å². The highest BCUT2D eigenvalue weighted by Crippen LogP contribution is 2.22. The molecule has 3 atom stereocenters. The Morgan fingerprint density at radius 2 is 2.07 bits per heavy atom. The smallest absolute Gasteiger partial charge is 0.102 e. The molecule has 0 aromatic heterocycles. The quantitative estimate of drug-likeness (QED) is 0.715. The van der Waals surface area contributed by atoms with Crippen LogP contribution >= 0.6 is 0 Å². The van der Waals surface area contributed by atoms with Crippen molar-refractivity contribution in [2.75, 3.05) is 6.61 Å². The minimum Gasteiger partial charge on any atom is -0.389 e. The molecule has 15 heavy (non-hydrogen) atoms. The molecular formula is C13H18O2. The molecule has 0 unspecified atom stereocenters. The second-order valence-corrected chi connectivity index (χ2v) is 3.48. The Kier molecular flexibility index (Phi) is 5.08. The Bertz CT molecular complexity index is 276. The Balaban J connectivity index is 2.51. The minimum absolute atomic E-state index is 0.0839. The van der Waals surface area contributed by atoms with E-state index in [9.17, 15) is 5.11 Å². The van der Waals surface area contributed by atoms with Gasteiger partial charge < -0.3 is 9.84 Å². The van der Waals surface area contributed by atoms with Crippen molar-refractivity contribution in [1.29, 1.82) is 0 Å². The first-order valence-electron chi connectivity index (χ1n) is 5.18. The van der Waals surface area contributed by atoms with Crippen molar-refractivity contribution in [1.82, 2.24) is 0 Å². The number of aliphatic hydroxyl groups excluding tert-OH is 1. The van der Waals surface area contributed by atoms with Crippen LogP contribution in [0.4, 0.5) is 0 Å². The van der Waals surface area contributed by atoms with Crippen LogP contribution in [0.1, 0.15) is 6.92 Å². The van der Waals surface area contributed by atoms with Crippen LogP contribution < -0.4 is 0 Å². The number of hydrogen-bond donors (Lipinski definition) is 1. The van der Waals surface area contributed by atoms with Crippen molar-refractivity contribution in [2.24, 2.45) is 5.92 Å². The van der Waals surface area contributed by atoms with E-state index in [4.69, 9.17) is 4.74 Å². The summed E-state index contributed by atoms with van der Waals surface area (Å²) in [5.74, 6) is 0.0839. The Hall–Kier alpha value is -1.12. The third-order valence-electron chi connectivity index (χ3n) is 2.36. The molecule has 1 heterocycles. The van der Waals surface area contributed by atoms with Crippen molar-refractivity contribution in [3.8, 4) is 0 Å². The van der Waals surface area contributed by atoms with Crippen LogP contribution in [0.15, 0.2) is 49.1 Å². The van der Waals surface area contributed by atoms with Crippen molar-refractivity contribution in [2.45, 2.75) is 19.1 Å². The maximum Gasteiger partial charge on any atom is 0.102 e. The normalized spacial score (nSPS) is 32.3. The molecule has 2 nitrogen and oxygen atoms in total. The van der Waals surface area contributed by atoms with Gasteiger partial charge in [-0.2, -0.15) is 0 Å². The zero-order valence-electron chi connectivity index (χ0n) is 9.04. The van der Waals surface area contributed by atoms with Crippen molar-refractivity contribution >= 4 is 0 Å². The number of rotatable bonds is 4. The Morgan fingerprint density at radius 1 is 1.27 bits per heavy atom. The summed E-state index contributed by atoms with van der Waals surface area (Å²) in [5, 5.41) is 9.89. The summed E-state index contributed by atoms with van der Waals surface area (Å²) in [4.78, 5) is 0. The van der Waals surface area contributed by atoms with Gasteiger partial charge in [0.25, 0.3) is 0 Å². The first-order chi connectivity index (χ1) is 7.29. The van der Waals surface area contributed by atoms with E-state index in [1.807, 2.05) is 37.3 Å². The third-order valence-corrected chi connectivity index (χ3v) is 2.36. The van der Waals surface area contributed by atoms with Crippen LogP contribution in [0.25, 0.3) is 0 Å². The van der Waals surface area contributed by atoms with Crippen molar-refractivity contribution < 1.29 is 9.84 Å². The van der Waals surface area contributed by atoms with Crippen LogP contribution in [0.2, 0.25) is 0 Å². The molecule has 1 fully saturated rings. The molecule has 1 aliphatic heterocycles. The number of allylic oxidation sites excluding steroid dienone is 5. The maximum atomic E-state index is 9.89. The molecule has 0 aromatic carbocycles. The summed E-state index contributed by atoms with van der Waals surface area (Å²) in [7, 11) is 0. The standard InChI is InChI=1S/C13H18O2/c1-3-5-7-8-11-10-15-12(13(11)14)9-6-4-2/h3-9,11-14H,2,10H2,1H3/b5-3+,8-7+,9-6-/t11-,12-,13+/m0/s1. The molecule has 82 valence electrons. The highest BCUT2D eigenvalue weighted by atomic mass is 16.5. The molecule has 0 aromatic rings. The van der Waals surface area contributed by atoms with E-state index in [2.05, 4.69) is 6.58 Å². The van der Waals surface area contributed by atoms with Crippen LogP contribution in [0.3, 0.4) is 0 Å². The average Bonchev–Trinajstić information content (AvgIpc) is 2.58. The summed E-state index contributed by atoms with van der Waals surface area (Å²) in [6.45, 7) is 6.11. The van der Waals surface area contributed by atoms with E-state index in [0.29, 0.717) is 6.61 Å². The first kappa shape index (κ1) is 12.0. The van der Waals surface area contributed by atoms with Gasteiger partial charge >= 0.3 is 0 Å². The summed E-state index contributed by atoms with van der Waals surface area (Å²) < 4.78 is 5.45. The number of hydrogen-bond acceptors (Lipinski definition) is 2. The lowest BCUT2D eigenvalue weighted by Gasteiger charge is -2.11.